The van der Waals surface area contributed by atoms with Gasteiger partial charge in [0.2, 0.25) is 0 Å². The van der Waals surface area contributed by atoms with E-state index in [0.29, 0.717) is 11.4 Å². The molecule has 28 heavy (non-hydrogen) atoms. The van der Waals surface area contributed by atoms with Crippen molar-refractivity contribution in [3.63, 3.8) is 0 Å². The zero-order valence-corrected chi connectivity index (χ0v) is 15.6. The lowest BCUT2D eigenvalue weighted by atomic mass is 10.0. The first-order valence-electron chi connectivity index (χ1n) is 8.83. The van der Waals surface area contributed by atoms with Crippen molar-refractivity contribution in [1.82, 2.24) is 9.97 Å². The third-order valence-electron chi connectivity index (χ3n) is 4.54. The fourth-order valence-electron chi connectivity index (χ4n) is 3.07. The van der Waals surface area contributed by atoms with Gasteiger partial charge in [0.1, 0.15) is 23.1 Å². The van der Waals surface area contributed by atoms with Gasteiger partial charge in [0.25, 0.3) is 0 Å². The molecule has 0 unspecified atom stereocenters. The van der Waals surface area contributed by atoms with E-state index in [4.69, 9.17) is 14.5 Å². The molecular formula is C23H19FN2O2. The summed E-state index contributed by atoms with van der Waals surface area (Å²) in [6.45, 7) is 0. The second-order valence-electron chi connectivity index (χ2n) is 6.28. The van der Waals surface area contributed by atoms with Crippen molar-refractivity contribution < 1.29 is 13.9 Å². The minimum Gasteiger partial charge on any atom is -0.497 e. The van der Waals surface area contributed by atoms with Crippen molar-refractivity contribution in [2.75, 3.05) is 14.2 Å². The Balaban J connectivity index is 1.85. The predicted octanol–water partition coefficient (Wildman–Crippen LogP) is 5.57. The van der Waals surface area contributed by atoms with Crippen LogP contribution >= 0.6 is 0 Å². The van der Waals surface area contributed by atoms with Gasteiger partial charge in [-0.3, -0.25) is 0 Å². The number of rotatable bonds is 5. The second kappa shape index (κ2) is 7.56. The molecule has 0 amide bonds. The molecule has 1 aromatic heterocycles. The Labute approximate surface area is 162 Å². The molecule has 4 nitrogen and oxygen atoms in total. The second-order valence-corrected chi connectivity index (χ2v) is 6.28. The Bertz CT molecular complexity index is 1020. The van der Waals surface area contributed by atoms with Crippen LogP contribution < -0.4 is 9.47 Å². The number of benzene rings is 3. The zero-order valence-electron chi connectivity index (χ0n) is 15.6. The average Bonchev–Trinajstić information content (AvgIpc) is 3.19. The summed E-state index contributed by atoms with van der Waals surface area (Å²) in [7, 11) is 3.27. The van der Waals surface area contributed by atoms with Gasteiger partial charge in [0.15, 0.2) is 0 Å². The zero-order chi connectivity index (χ0) is 19.5. The summed E-state index contributed by atoms with van der Waals surface area (Å²) in [4.78, 5) is 8.13. The van der Waals surface area contributed by atoms with Crippen LogP contribution in [0.15, 0.2) is 72.8 Å². The maximum atomic E-state index is 13.7. The van der Waals surface area contributed by atoms with Crippen molar-refractivity contribution in [3.05, 3.63) is 78.6 Å². The Morgan fingerprint density at radius 1 is 0.750 bits per heavy atom. The maximum absolute atomic E-state index is 13.7. The summed E-state index contributed by atoms with van der Waals surface area (Å²) in [5.41, 5.74) is 4.22. The lowest BCUT2D eigenvalue weighted by molar-refractivity contribution is 0.414. The molecule has 0 spiro atoms. The van der Waals surface area contributed by atoms with Gasteiger partial charge in [-0.25, -0.2) is 9.37 Å². The van der Waals surface area contributed by atoms with Gasteiger partial charge < -0.3 is 14.5 Å². The van der Waals surface area contributed by atoms with Crippen LogP contribution in [-0.2, 0) is 0 Å². The summed E-state index contributed by atoms with van der Waals surface area (Å²) in [6, 6.07) is 21.8. The van der Waals surface area contributed by atoms with E-state index in [9.17, 15) is 4.39 Å². The summed E-state index contributed by atoms with van der Waals surface area (Å²) < 4.78 is 24.2. The van der Waals surface area contributed by atoms with Gasteiger partial charge in [-0.1, -0.05) is 12.1 Å². The molecule has 1 N–H and O–H groups in total. The number of imidazole rings is 1. The van der Waals surface area contributed by atoms with E-state index in [1.165, 1.54) is 12.1 Å². The highest BCUT2D eigenvalue weighted by Crippen LogP contribution is 2.34. The highest BCUT2D eigenvalue weighted by Gasteiger charge is 2.16. The fourth-order valence-corrected chi connectivity index (χ4v) is 3.07. The topological polar surface area (TPSA) is 47.1 Å². The molecule has 0 aliphatic rings. The van der Waals surface area contributed by atoms with E-state index in [2.05, 4.69) is 4.98 Å². The average molecular weight is 374 g/mol. The monoisotopic (exact) mass is 374 g/mol. The molecule has 3 aromatic carbocycles. The summed E-state index contributed by atoms with van der Waals surface area (Å²) in [5.74, 6) is 1.86. The summed E-state index contributed by atoms with van der Waals surface area (Å²) >= 11 is 0. The van der Waals surface area contributed by atoms with Crippen molar-refractivity contribution in [1.29, 1.82) is 0 Å². The lowest BCUT2D eigenvalue weighted by Gasteiger charge is -2.06. The number of methoxy groups -OCH3 is 2. The minimum atomic E-state index is -0.300. The SMILES string of the molecule is COc1ccc(-c2nc(-c3cccc(F)c3)[nH]c2-c2ccc(OC)cc2)cc1. The lowest BCUT2D eigenvalue weighted by Crippen LogP contribution is -1.87. The largest absolute Gasteiger partial charge is 0.497 e. The summed E-state index contributed by atoms with van der Waals surface area (Å²) in [6.07, 6.45) is 0. The molecule has 0 fully saturated rings. The van der Waals surface area contributed by atoms with Crippen molar-refractivity contribution in [2.24, 2.45) is 0 Å². The smallest absolute Gasteiger partial charge is 0.138 e. The first kappa shape index (κ1) is 17.8. The molecule has 0 bridgehead atoms. The maximum Gasteiger partial charge on any atom is 0.138 e. The Morgan fingerprint density at radius 2 is 1.36 bits per heavy atom. The van der Waals surface area contributed by atoms with Gasteiger partial charge >= 0.3 is 0 Å². The number of nitrogens with one attached hydrogen (secondary N) is 1. The Kier molecular flexibility index (Phi) is 4.81. The Morgan fingerprint density at radius 3 is 1.93 bits per heavy atom. The third kappa shape index (κ3) is 3.47. The van der Waals surface area contributed by atoms with E-state index in [0.717, 1.165) is 34.0 Å². The molecule has 4 rings (SSSR count). The minimum absolute atomic E-state index is 0.300. The van der Waals surface area contributed by atoms with E-state index < -0.39 is 0 Å². The molecule has 0 radical (unpaired) electrons. The molecule has 0 aliphatic carbocycles. The molecule has 5 heteroatoms. The number of hydrogen-bond donors (Lipinski definition) is 1. The number of aromatic amines is 1. The molecule has 0 saturated heterocycles. The molecule has 0 aliphatic heterocycles. The van der Waals surface area contributed by atoms with E-state index in [1.807, 2.05) is 54.6 Å². The molecule has 0 atom stereocenters. The standard InChI is InChI=1S/C23H19FN2O2/c1-27-19-10-6-15(7-11-19)21-22(16-8-12-20(28-2)13-9-16)26-23(25-21)17-4-3-5-18(24)14-17/h3-14H,1-2H3,(H,25,26). The fraction of sp³-hybridized carbons (Fsp3) is 0.0870. The van der Waals surface area contributed by atoms with Crippen molar-refractivity contribution in [3.8, 4) is 45.4 Å². The van der Waals surface area contributed by atoms with Gasteiger partial charge in [-0.15, -0.1) is 0 Å². The summed E-state index contributed by atoms with van der Waals surface area (Å²) in [5, 5.41) is 0. The van der Waals surface area contributed by atoms with Crippen molar-refractivity contribution >= 4 is 0 Å². The van der Waals surface area contributed by atoms with E-state index in [1.54, 1.807) is 20.3 Å². The molecule has 140 valence electrons. The molecule has 4 aromatic rings. The van der Waals surface area contributed by atoms with Crippen LogP contribution in [0, 0.1) is 5.82 Å². The van der Waals surface area contributed by atoms with Crippen LogP contribution in [0.1, 0.15) is 0 Å². The van der Waals surface area contributed by atoms with Gasteiger partial charge in [0, 0.05) is 16.7 Å². The molecule has 1 heterocycles. The number of nitrogens with zero attached hydrogens (tertiary/aromatic N) is 1. The number of ether oxygens (including phenoxy) is 2. The predicted molar refractivity (Wildman–Crippen MR) is 108 cm³/mol. The van der Waals surface area contributed by atoms with Gasteiger partial charge in [-0.2, -0.15) is 0 Å². The normalized spacial score (nSPS) is 10.7. The van der Waals surface area contributed by atoms with Crippen LogP contribution in [0.3, 0.4) is 0 Å². The highest BCUT2D eigenvalue weighted by molar-refractivity contribution is 5.81. The van der Waals surface area contributed by atoms with Gasteiger partial charge in [-0.05, 0) is 60.7 Å². The quantitative estimate of drug-likeness (QED) is 0.497. The van der Waals surface area contributed by atoms with Crippen LogP contribution in [0.5, 0.6) is 11.5 Å². The number of halogens is 1. The van der Waals surface area contributed by atoms with Gasteiger partial charge in [0.05, 0.1) is 25.6 Å². The number of hydrogen-bond acceptors (Lipinski definition) is 3. The Hall–Kier alpha value is -3.60. The van der Waals surface area contributed by atoms with Crippen LogP contribution in [0.25, 0.3) is 33.9 Å². The van der Waals surface area contributed by atoms with Crippen LogP contribution in [-0.4, -0.2) is 24.2 Å². The first-order chi connectivity index (χ1) is 13.7. The van der Waals surface area contributed by atoms with Crippen LogP contribution in [0.4, 0.5) is 4.39 Å². The van der Waals surface area contributed by atoms with Crippen LogP contribution in [0.2, 0.25) is 0 Å². The number of H-pyrrole nitrogens is 1. The first-order valence-corrected chi connectivity index (χ1v) is 8.83. The van der Waals surface area contributed by atoms with E-state index in [-0.39, 0.29) is 5.82 Å². The number of aromatic nitrogens is 2. The van der Waals surface area contributed by atoms with E-state index >= 15 is 0 Å². The third-order valence-corrected chi connectivity index (χ3v) is 4.54. The molecule has 0 saturated carbocycles. The van der Waals surface area contributed by atoms with Crippen molar-refractivity contribution in [2.45, 2.75) is 0 Å². The highest BCUT2D eigenvalue weighted by atomic mass is 19.1. The molecular weight excluding hydrogens is 355 g/mol.